The second-order valence-corrected chi connectivity index (χ2v) is 13.3. The van der Waals surface area contributed by atoms with E-state index in [1.807, 2.05) is 31.2 Å². The summed E-state index contributed by atoms with van der Waals surface area (Å²) in [5.74, 6) is -0.392. The summed E-state index contributed by atoms with van der Waals surface area (Å²) in [4.78, 5) is 2.54. The molecule has 0 saturated heterocycles. The molecule has 43 heavy (non-hydrogen) atoms. The van der Waals surface area contributed by atoms with Gasteiger partial charge in [-0.3, -0.25) is 0 Å². The van der Waals surface area contributed by atoms with Gasteiger partial charge in [-0.05, 0) is 79.6 Å². The lowest BCUT2D eigenvalue weighted by atomic mass is 9.89. The van der Waals surface area contributed by atoms with Gasteiger partial charge in [-0.15, -0.1) is 13.2 Å². The molecule has 232 valence electrons. The maximum Gasteiger partial charge on any atom is 0.573 e. The zero-order chi connectivity index (χ0) is 30.5. The average molecular weight is 616 g/mol. The summed E-state index contributed by atoms with van der Waals surface area (Å²) >= 11 is 0. The van der Waals surface area contributed by atoms with Crippen molar-refractivity contribution in [2.24, 2.45) is 4.36 Å². The lowest BCUT2D eigenvalue weighted by molar-refractivity contribution is -0.274. The van der Waals surface area contributed by atoms with Gasteiger partial charge in [0.1, 0.15) is 15.7 Å². The molecular weight excluding hydrogens is 575 g/mol. The zero-order valence-electron chi connectivity index (χ0n) is 24.4. The lowest BCUT2D eigenvalue weighted by Crippen LogP contribution is -2.54. The third-order valence-electron chi connectivity index (χ3n) is 8.29. The van der Waals surface area contributed by atoms with Gasteiger partial charge in [0, 0.05) is 24.0 Å². The fourth-order valence-corrected chi connectivity index (χ4v) is 8.07. The van der Waals surface area contributed by atoms with E-state index in [0.29, 0.717) is 19.4 Å². The molecule has 2 N–H and O–H groups in total. The van der Waals surface area contributed by atoms with Crippen LogP contribution in [0.25, 0.3) is 0 Å². The van der Waals surface area contributed by atoms with Gasteiger partial charge in [0.2, 0.25) is 0 Å². The van der Waals surface area contributed by atoms with Gasteiger partial charge in [0.25, 0.3) is 0 Å². The van der Waals surface area contributed by atoms with E-state index in [1.165, 1.54) is 23.3 Å². The molecule has 3 aromatic carbocycles. The van der Waals surface area contributed by atoms with E-state index in [1.54, 1.807) is 0 Å². The molecule has 3 aromatic rings. The monoisotopic (exact) mass is 615 g/mol. The van der Waals surface area contributed by atoms with Gasteiger partial charge in [0.05, 0.1) is 17.0 Å². The number of aliphatic hydroxyl groups excluding tert-OH is 1. The third kappa shape index (κ3) is 7.53. The molecule has 0 bridgehead atoms. The van der Waals surface area contributed by atoms with Crippen LogP contribution < -0.4 is 14.4 Å². The predicted molar refractivity (Wildman–Crippen MR) is 164 cm³/mol. The van der Waals surface area contributed by atoms with E-state index in [4.69, 9.17) is 0 Å². The maximum absolute atomic E-state index is 14.5. The van der Waals surface area contributed by atoms with E-state index < -0.39 is 34.2 Å². The standard InChI is InChI=1S/C33H40F3N3O3S/c1-2-3-23-37-43(41,27-21-19-26(20-22-27)42-33(34,35)36)38-28-13-5-4-6-16-31(32(28)40)39-29-14-9-7-11-24(29)17-18-25-12-8-10-15-30(25)39/h7-12,14-15,19-22,28,31-32,40H,2-6,13,16-18,23H2,1H3,(H,37,38,41)/t28-,31-,32+,43?/m1/s1. The molecular formula is C33H40F3N3O3S. The third-order valence-corrected chi connectivity index (χ3v) is 10.4. The fourth-order valence-electron chi connectivity index (χ4n) is 6.15. The number of fused-ring (bicyclic) bond motifs is 2. The minimum absolute atomic E-state index is 0.259. The van der Waals surface area contributed by atoms with Crippen molar-refractivity contribution in [1.29, 1.82) is 0 Å². The Morgan fingerprint density at radius 2 is 1.53 bits per heavy atom. The number of aryl methyl sites for hydroxylation is 2. The number of anilines is 2. The van der Waals surface area contributed by atoms with Crippen LogP contribution in [0.1, 0.15) is 63.0 Å². The SMILES string of the molecule is CCCCN=S(=O)(N[C@@H]1CCCCC[C@@H](N2c3ccccc3CCc3ccccc32)[C@H]1O)c1ccc(OC(F)(F)F)cc1. The first kappa shape index (κ1) is 31.3. The van der Waals surface area contributed by atoms with Crippen LogP contribution in [0, 0.1) is 0 Å². The summed E-state index contributed by atoms with van der Waals surface area (Å²) in [5.41, 5.74) is 4.59. The Hall–Kier alpha value is -3.08. The number of hydrogen-bond donors (Lipinski definition) is 2. The topological polar surface area (TPSA) is 74.2 Å². The van der Waals surface area contributed by atoms with Gasteiger partial charge >= 0.3 is 6.36 Å². The first-order valence-electron chi connectivity index (χ1n) is 15.2. The van der Waals surface area contributed by atoms with Crippen molar-refractivity contribution < 1.29 is 27.2 Å². The Bertz CT molecular complexity index is 1440. The molecule has 6 nitrogen and oxygen atoms in total. The number of unbranched alkanes of at least 4 members (excludes halogenated alkanes) is 1. The minimum Gasteiger partial charge on any atom is -0.406 e. The van der Waals surface area contributed by atoms with Crippen molar-refractivity contribution >= 4 is 21.3 Å². The number of nitrogens with one attached hydrogen (secondary N) is 1. The van der Waals surface area contributed by atoms with Gasteiger partial charge in [-0.25, -0.2) is 13.3 Å². The Morgan fingerprint density at radius 3 is 2.14 bits per heavy atom. The number of benzene rings is 3. The number of rotatable bonds is 8. The maximum atomic E-state index is 14.5. The van der Waals surface area contributed by atoms with Gasteiger partial charge in [-0.2, -0.15) is 0 Å². The zero-order valence-corrected chi connectivity index (χ0v) is 25.2. The molecule has 10 heteroatoms. The van der Waals surface area contributed by atoms with Crippen LogP contribution in [0.5, 0.6) is 5.75 Å². The van der Waals surface area contributed by atoms with E-state index in [9.17, 15) is 22.5 Å². The molecule has 1 aliphatic carbocycles. The van der Waals surface area contributed by atoms with Crippen LogP contribution in [0.15, 0.2) is 82.1 Å². The van der Waals surface area contributed by atoms with Crippen molar-refractivity contribution in [3.05, 3.63) is 83.9 Å². The first-order valence-corrected chi connectivity index (χ1v) is 16.7. The highest BCUT2D eigenvalue weighted by Gasteiger charge is 2.38. The molecule has 5 rings (SSSR count). The van der Waals surface area contributed by atoms with Crippen LogP contribution in [0.2, 0.25) is 0 Å². The van der Waals surface area contributed by atoms with Crippen LogP contribution >= 0.6 is 0 Å². The Morgan fingerprint density at radius 1 is 0.930 bits per heavy atom. The fraction of sp³-hybridized carbons (Fsp3) is 0.455. The van der Waals surface area contributed by atoms with Gasteiger partial charge in [-0.1, -0.05) is 69.0 Å². The predicted octanol–water partition coefficient (Wildman–Crippen LogP) is 7.72. The molecule has 1 aliphatic heterocycles. The molecule has 1 fully saturated rings. The Balaban J connectivity index is 1.51. The minimum atomic E-state index is -4.82. The summed E-state index contributed by atoms with van der Waals surface area (Å²) in [5, 5.41) is 12.2. The number of alkyl halides is 3. The van der Waals surface area contributed by atoms with Crippen molar-refractivity contribution in [3.63, 3.8) is 0 Å². The van der Waals surface area contributed by atoms with E-state index in [2.05, 4.69) is 43.0 Å². The van der Waals surface area contributed by atoms with Crippen LogP contribution in [0.3, 0.4) is 0 Å². The Labute approximate surface area is 252 Å². The molecule has 1 unspecified atom stereocenters. The summed E-state index contributed by atoms with van der Waals surface area (Å²) in [6.07, 6.45) is 1.73. The van der Waals surface area contributed by atoms with Crippen LogP contribution in [-0.4, -0.2) is 40.4 Å². The number of para-hydroxylation sites is 2. The number of halogens is 3. The number of aliphatic hydroxyl groups is 1. The van der Waals surface area contributed by atoms with Crippen LogP contribution in [0.4, 0.5) is 24.5 Å². The molecule has 0 amide bonds. The average Bonchev–Trinajstić information content (AvgIpc) is 3.14. The highest BCUT2D eigenvalue weighted by Crippen LogP contribution is 2.40. The summed E-state index contributed by atoms with van der Waals surface area (Å²) in [6, 6.07) is 20.8. The van der Waals surface area contributed by atoms with E-state index in [0.717, 1.165) is 68.5 Å². The normalized spacial score (nSPS) is 22.3. The van der Waals surface area contributed by atoms with Crippen molar-refractivity contribution in [3.8, 4) is 5.75 Å². The molecule has 1 heterocycles. The molecule has 0 spiro atoms. The lowest BCUT2D eigenvalue weighted by Gasteiger charge is -2.42. The number of ether oxygens (including phenoxy) is 1. The molecule has 4 atom stereocenters. The largest absolute Gasteiger partial charge is 0.573 e. The smallest absolute Gasteiger partial charge is 0.406 e. The van der Waals surface area contributed by atoms with Crippen molar-refractivity contribution in [2.45, 2.75) is 94.2 Å². The molecule has 2 aliphatic rings. The quantitative estimate of drug-likeness (QED) is 0.255. The van der Waals surface area contributed by atoms with E-state index in [-0.39, 0.29) is 10.9 Å². The highest BCUT2D eigenvalue weighted by molar-refractivity contribution is 7.91. The van der Waals surface area contributed by atoms with Gasteiger partial charge in [0.15, 0.2) is 0 Å². The molecule has 1 saturated carbocycles. The second-order valence-electron chi connectivity index (χ2n) is 11.3. The van der Waals surface area contributed by atoms with E-state index >= 15 is 0 Å². The molecule has 0 radical (unpaired) electrons. The number of hydrogen-bond acceptors (Lipinski definition) is 5. The highest BCUT2D eigenvalue weighted by atomic mass is 32.2. The summed E-state index contributed by atoms with van der Waals surface area (Å²) in [6.45, 7) is 2.33. The van der Waals surface area contributed by atoms with Crippen molar-refractivity contribution in [2.75, 3.05) is 11.4 Å². The number of nitrogens with zero attached hydrogens (tertiary/aromatic N) is 2. The Kier molecular flexibility index (Phi) is 9.99. The van der Waals surface area contributed by atoms with Crippen LogP contribution in [-0.2, 0) is 22.8 Å². The summed E-state index contributed by atoms with van der Waals surface area (Å²) < 4.78 is 64.7. The van der Waals surface area contributed by atoms with Crippen molar-refractivity contribution in [1.82, 2.24) is 4.72 Å². The summed E-state index contributed by atoms with van der Waals surface area (Å²) in [7, 11) is -3.28. The molecule has 0 aromatic heterocycles. The van der Waals surface area contributed by atoms with Gasteiger partial charge < -0.3 is 14.7 Å². The first-order chi connectivity index (χ1) is 20.7. The second kappa shape index (κ2) is 13.7.